The van der Waals surface area contributed by atoms with Crippen LogP contribution in [0.25, 0.3) is 0 Å². The Bertz CT molecular complexity index is 464. The molecule has 1 amide bonds. The van der Waals surface area contributed by atoms with E-state index in [9.17, 15) is 9.59 Å². The monoisotopic (exact) mass is 279 g/mol. The summed E-state index contributed by atoms with van der Waals surface area (Å²) in [6.07, 6.45) is 1.72. The third-order valence-electron chi connectivity index (χ3n) is 2.42. The van der Waals surface area contributed by atoms with Crippen LogP contribution in [0, 0.1) is 0 Å². The average molecular weight is 279 g/mol. The fraction of sp³-hybridized carbons (Fsp3) is 0.500. The quantitative estimate of drug-likeness (QED) is 0.680. The number of nitrogens with zero attached hydrogens (tertiary/aromatic N) is 1. The lowest BCUT2D eigenvalue weighted by Gasteiger charge is -2.20. The van der Waals surface area contributed by atoms with Crippen molar-refractivity contribution in [3.05, 3.63) is 29.6 Å². The molecule has 0 fully saturated rings. The van der Waals surface area contributed by atoms with Gasteiger partial charge in [0, 0.05) is 31.2 Å². The van der Waals surface area contributed by atoms with E-state index in [2.05, 4.69) is 15.6 Å². The van der Waals surface area contributed by atoms with E-state index in [1.807, 2.05) is 20.8 Å². The summed E-state index contributed by atoms with van der Waals surface area (Å²) in [5.41, 5.74) is 0.690. The van der Waals surface area contributed by atoms with Crippen molar-refractivity contribution in [1.29, 1.82) is 0 Å². The van der Waals surface area contributed by atoms with Gasteiger partial charge in [-0.2, -0.15) is 0 Å². The molecule has 1 heterocycles. The van der Waals surface area contributed by atoms with Gasteiger partial charge in [0.15, 0.2) is 0 Å². The van der Waals surface area contributed by atoms with Gasteiger partial charge in [-0.1, -0.05) is 0 Å². The van der Waals surface area contributed by atoms with Crippen molar-refractivity contribution in [3.63, 3.8) is 0 Å². The van der Waals surface area contributed by atoms with E-state index in [1.165, 1.54) is 12.3 Å². The molecule has 0 atom stereocenters. The lowest BCUT2D eigenvalue weighted by molar-refractivity contribution is -0.122. The first kappa shape index (κ1) is 16.1. The zero-order chi connectivity index (χ0) is 15.2. The summed E-state index contributed by atoms with van der Waals surface area (Å²) in [4.78, 5) is 26.3. The minimum atomic E-state index is -0.990. The molecular formula is C14H21N3O3. The summed E-state index contributed by atoms with van der Waals surface area (Å²) >= 11 is 0. The van der Waals surface area contributed by atoms with Crippen LogP contribution in [-0.2, 0) is 11.3 Å². The largest absolute Gasteiger partial charge is 0.478 e. The van der Waals surface area contributed by atoms with Gasteiger partial charge in [-0.3, -0.25) is 9.78 Å². The van der Waals surface area contributed by atoms with Gasteiger partial charge in [-0.15, -0.1) is 0 Å². The minimum Gasteiger partial charge on any atom is -0.478 e. The number of rotatable bonds is 6. The van der Waals surface area contributed by atoms with Crippen molar-refractivity contribution < 1.29 is 14.7 Å². The average Bonchev–Trinajstić information content (AvgIpc) is 2.33. The number of carboxylic acid groups (broad SMARTS) is 1. The van der Waals surface area contributed by atoms with Gasteiger partial charge in [0.05, 0.1) is 11.3 Å². The molecule has 6 heteroatoms. The van der Waals surface area contributed by atoms with Crippen LogP contribution in [0.15, 0.2) is 18.3 Å². The molecular weight excluding hydrogens is 258 g/mol. The third-order valence-corrected chi connectivity index (χ3v) is 2.42. The molecule has 0 unspecified atom stereocenters. The zero-order valence-corrected chi connectivity index (χ0v) is 12.1. The molecule has 0 spiro atoms. The van der Waals surface area contributed by atoms with Crippen LogP contribution in [0.2, 0.25) is 0 Å². The van der Waals surface area contributed by atoms with Crippen molar-refractivity contribution in [1.82, 2.24) is 15.6 Å². The van der Waals surface area contributed by atoms with E-state index in [0.717, 1.165) is 5.69 Å². The van der Waals surface area contributed by atoms with Crippen molar-refractivity contribution in [3.8, 4) is 0 Å². The Morgan fingerprint density at radius 1 is 1.30 bits per heavy atom. The highest BCUT2D eigenvalue weighted by Gasteiger charge is 2.12. The summed E-state index contributed by atoms with van der Waals surface area (Å²) in [7, 11) is 0. The molecule has 0 aliphatic carbocycles. The summed E-state index contributed by atoms with van der Waals surface area (Å²) < 4.78 is 0. The number of hydrogen-bond acceptors (Lipinski definition) is 4. The predicted molar refractivity (Wildman–Crippen MR) is 75.4 cm³/mol. The number of aromatic carboxylic acids is 1. The Morgan fingerprint density at radius 2 is 2.00 bits per heavy atom. The number of carboxylic acids is 1. The molecule has 0 aromatic carbocycles. The Balaban J connectivity index is 2.27. The van der Waals surface area contributed by atoms with Gasteiger partial charge in [0.2, 0.25) is 5.91 Å². The third kappa shape index (κ3) is 6.29. The molecule has 0 radical (unpaired) electrons. The van der Waals surface area contributed by atoms with Gasteiger partial charge < -0.3 is 15.7 Å². The van der Waals surface area contributed by atoms with Gasteiger partial charge in [-0.05, 0) is 32.9 Å². The van der Waals surface area contributed by atoms with Crippen LogP contribution in [0.4, 0.5) is 0 Å². The zero-order valence-electron chi connectivity index (χ0n) is 12.1. The second-order valence-corrected chi connectivity index (χ2v) is 5.57. The predicted octanol–water partition coefficient (Wildman–Crippen LogP) is 1.17. The maximum atomic E-state index is 11.6. The number of amides is 1. The number of aromatic nitrogens is 1. The van der Waals surface area contributed by atoms with E-state index in [-0.39, 0.29) is 17.0 Å². The maximum absolute atomic E-state index is 11.6. The fourth-order valence-electron chi connectivity index (χ4n) is 1.55. The number of hydrogen-bond donors (Lipinski definition) is 3. The molecule has 110 valence electrons. The molecule has 1 aromatic heterocycles. The van der Waals surface area contributed by atoms with Crippen LogP contribution >= 0.6 is 0 Å². The molecule has 0 saturated carbocycles. The minimum absolute atomic E-state index is 0.000755. The molecule has 3 N–H and O–H groups in total. The molecule has 0 aliphatic heterocycles. The Kier molecular flexibility index (Phi) is 5.64. The van der Waals surface area contributed by atoms with Gasteiger partial charge in [-0.25, -0.2) is 4.79 Å². The molecule has 6 nitrogen and oxygen atoms in total. The van der Waals surface area contributed by atoms with E-state index in [4.69, 9.17) is 5.11 Å². The Hall–Kier alpha value is -1.95. The second-order valence-electron chi connectivity index (χ2n) is 5.57. The maximum Gasteiger partial charge on any atom is 0.337 e. The van der Waals surface area contributed by atoms with E-state index in [0.29, 0.717) is 19.5 Å². The highest BCUT2D eigenvalue weighted by atomic mass is 16.4. The highest BCUT2D eigenvalue weighted by molar-refractivity contribution is 5.87. The van der Waals surface area contributed by atoms with Gasteiger partial charge in [0.1, 0.15) is 0 Å². The number of carbonyl (C=O) groups excluding carboxylic acids is 1. The van der Waals surface area contributed by atoms with Gasteiger partial charge >= 0.3 is 5.97 Å². The van der Waals surface area contributed by atoms with Gasteiger partial charge in [0.25, 0.3) is 0 Å². The lowest BCUT2D eigenvalue weighted by Crippen LogP contribution is -2.41. The summed E-state index contributed by atoms with van der Waals surface area (Å²) in [6.45, 7) is 6.86. The van der Waals surface area contributed by atoms with Crippen molar-refractivity contribution >= 4 is 11.9 Å². The Morgan fingerprint density at radius 3 is 2.50 bits per heavy atom. The Labute approximate surface area is 118 Å². The van der Waals surface area contributed by atoms with Crippen LogP contribution in [0.1, 0.15) is 43.2 Å². The van der Waals surface area contributed by atoms with Crippen LogP contribution < -0.4 is 10.6 Å². The van der Waals surface area contributed by atoms with Crippen molar-refractivity contribution in [2.24, 2.45) is 0 Å². The second kappa shape index (κ2) is 7.00. The SMILES string of the molecule is CC(C)(C)NC(=O)CCNCc1ccc(C(=O)O)cn1. The molecule has 1 aromatic rings. The standard InChI is InChI=1S/C14H21N3O3/c1-14(2,3)17-12(18)6-7-15-9-11-5-4-10(8-16-11)13(19)20/h4-5,8,15H,6-7,9H2,1-3H3,(H,17,18)(H,19,20). The first-order valence-electron chi connectivity index (χ1n) is 6.48. The van der Waals surface area contributed by atoms with Crippen LogP contribution in [0.3, 0.4) is 0 Å². The fourth-order valence-corrected chi connectivity index (χ4v) is 1.55. The van der Waals surface area contributed by atoms with Crippen LogP contribution in [-0.4, -0.2) is 34.1 Å². The number of pyridine rings is 1. The lowest BCUT2D eigenvalue weighted by atomic mass is 10.1. The van der Waals surface area contributed by atoms with E-state index < -0.39 is 5.97 Å². The van der Waals surface area contributed by atoms with Crippen LogP contribution in [0.5, 0.6) is 0 Å². The smallest absolute Gasteiger partial charge is 0.337 e. The highest BCUT2D eigenvalue weighted by Crippen LogP contribution is 2.01. The summed E-state index contributed by atoms with van der Waals surface area (Å²) in [6, 6.07) is 3.17. The molecule has 20 heavy (non-hydrogen) atoms. The number of nitrogens with one attached hydrogen (secondary N) is 2. The molecule has 0 bridgehead atoms. The van der Waals surface area contributed by atoms with E-state index >= 15 is 0 Å². The summed E-state index contributed by atoms with van der Waals surface area (Å²) in [5.74, 6) is -0.991. The van der Waals surface area contributed by atoms with Crippen molar-refractivity contribution in [2.45, 2.75) is 39.3 Å². The molecule has 1 rings (SSSR count). The van der Waals surface area contributed by atoms with Crippen molar-refractivity contribution in [2.75, 3.05) is 6.54 Å². The molecule has 0 aliphatic rings. The molecule has 0 saturated heterocycles. The first-order chi connectivity index (χ1) is 9.28. The topological polar surface area (TPSA) is 91.3 Å². The summed E-state index contributed by atoms with van der Waals surface area (Å²) in [5, 5.41) is 14.7. The normalized spacial score (nSPS) is 11.2. The number of carbonyl (C=O) groups is 2. The van der Waals surface area contributed by atoms with E-state index in [1.54, 1.807) is 6.07 Å². The first-order valence-corrected chi connectivity index (χ1v) is 6.48.